The third-order valence-corrected chi connectivity index (χ3v) is 5.11. The lowest BCUT2D eigenvalue weighted by Crippen LogP contribution is -2.15. The van der Waals surface area contributed by atoms with Gasteiger partial charge < -0.3 is 20.0 Å². The first-order chi connectivity index (χ1) is 15.1. The zero-order valence-electron chi connectivity index (χ0n) is 17.3. The summed E-state index contributed by atoms with van der Waals surface area (Å²) in [6, 6.07) is 6.69. The molecule has 0 unspecified atom stereocenters. The molecule has 0 aliphatic heterocycles. The zero-order valence-corrected chi connectivity index (χ0v) is 17.3. The Morgan fingerprint density at radius 2 is 1.97 bits per heavy atom. The molecule has 0 saturated heterocycles. The normalized spacial score (nSPS) is 12.1. The number of carbonyl (C=O) groups is 1. The number of rotatable bonds is 6. The molecule has 0 atom stereocenters. The second-order valence-electron chi connectivity index (χ2n) is 7.62. The predicted molar refractivity (Wildman–Crippen MR) is 113 cm³/mol. The van der Waals surface area contributed by atoms with Gasteiger partial charge in [0, 0.05) is 41.9 Å². The summed E-state index contributed by atoms with van der Waals surface area (Å²) in [7, 11) is 3.85. The van der Waals surface area contributed by atoms with Crippen molar-refractivity contribution in [2.75, 3.05) is 20.6 Å². The van der Waals surface area contributed by atoms with Gasteiger partial charge in [-0.3, -0.25) is 0 Å². The Labute approximate surface area is 180 Å². The van der Waals surface area contributed by atoms with Crippen molar-refractivity contribution in [2.45, 2.75) is 12.6 Å². The van der Waals surface area contributed by atoms with Crippen LogP contribution in [0.1, 0.15) is 21.7 Å². The van der Waals surface area contributed by atoms with Crippen LogP contribution >= 0.6 is 0 Å². The first-order valence-electron chi connectivity index (χ1n) is 9.76. The van der Waals surface area contributed by atoms with Gasteiger partial charge in [0.1, 0.15) is 11.5 Å². The number of alkyl halides is 3. The van der Waals surface area contributed by atoms with Crippen LogP contribution in [0.5, 0.6) is 0 Å². The first kappa shape index (κ1) is 21.6. The van der Waals surface area contributed by atoms with Gasteiger partial charge in [0.25, 0.3) is 0 Å². The number of imidazole rings is 1. The second-order valence-corrected chi connectivity index (χ2v) is 7.62. The van der Waals surface area contributed by atoms with E-state index in [1.807, 2.05) is 25.1 Å². The summed E-state index contributed by atoms with van der Waals surface area (Å²) in [5, 5.41) is 10.2. The molecule has 4 aromatic rings. The number of pyridine rings is 1. The smallest absolute Gasteiger partial charge is 0.417 e. The summed E-state index contributed by atoms with van der Waals surface area (Å²) in [4.78, 5) is 28.8. The molecule has 0 saturated carbocycles. The highest BCUT2D eigenvalue weighted by Crippen LogP contribution is 2.38. The van der Waals surface area contributed by atoms with Crippen LogP contribution in [0.2, 0.25) is 0 Å². The molecule has 1 aromatic carbocycles. The van der Waals surface area contributed by atoms with E-state index in [-0.39, 0.29) is 5.56 Å². The highest BCUT2D eigenvalue weighted by molar-refractivity contribution is 5.97. The molecule has 7 nitrogen and oxygen atoms in total. The van der Waals surface area contributed by atoms with Crippen LogP contribution in [0, 0.1) is 0 Å². The summed E-state index contributed by atoms with van der Waals surface area (Å²) in [6.45, 7) is 0.704. The van der Waals surface area contributed by atoms with E-state index < -0.39 is 23.3 Å². The van der Waals surface area contributed by atoms with Crippen molar-refractivity contribution in [2.24, 2.45) is 0 Å². The fraction of sp³-hybridized carbons (Fsp3) is 0.227. The van der Waals surface area contributed by atoms with Crippen molar-refractivity contribution < 1.29 is 23.1 Å². The maximum absolute atomic E-state index is 13.3. The van der Waals surface area contributed by atoms with E-state index in [2.05, 4.69) is 19.9 Å². The molecule has 0 bridgehead atoms. The molecule has 3 heterocycles. The van der Waals surface area contributed by atoms with Gasteiger partial charge in [0.2, 0.25) is 0 Å². The topological polar surface area (TPSA) is 97.9 Å². The first-order valence-corrected chi connectivity index (χ1v) is 9.76. The number of hydrogen-bond donors (Lipinski definition) is 3. The van der Waals surface area contributed by atoms with Gasteiger partial charge in [-0.25, -0.2) is 14.8 Å². The highest BCUT2D eigenvalue weighted by Gasteiger charge is 2.35. The minimum Gasteiger partial charge on any atom is -0.478 e. The maximum atomic E-state index is 13.3. The Balaban J connectivity index is 1.91. The van der Waals surface area contributed by atoms with Crippen LogP contribution in [0.25, 0.3) is 33.5 Å². The number of aromatic nitrogens is 4. The third-order valence-electron chi connectivity index (χ3n) is 5.11. The number of halogens is 3. The van der Waals surface area contributed by atoms with E-state index in [9.17, 15) is 23.1 Å². The number of H-pyrrole nitrogens is 2. The van der Waals surface area contributed by atoms with Gasteiger partial charge in [-0.1, -0.05) is 6.07 Å². The molecule has 0 spiro atoms. The van der Waals surface area contributed by atoms with E-state index in [0.29, 0.717) is 35.8 Å². The number of nitrogens with one attached hydrogen (secondary N) is 2. The molecule has 0 aliphatic carbocycles. The minimum absolute atomic E-state index is 0.276. The van der Waals surface area contributed by atoms with Gasteiger partial charge in [-0.05, 0) is 38.4 Å². The number of aromatic amines is 2. The Kier molecular flexibility index (Phi) is 5.47. The number of nitrogens with zero attached hydrogens (tertiary/aromatic N) is 3. The van der Waals surface area contributed by atoms with E-state index in [1.54, 1.807) is 18.5 Å². The number of aromatic carboxylic acids is 1. The summed E-state index contributed by atoms with van der Waals surface area (Å²) in [5.74, 6) is -1.01. The van der Waals surface area contributed by atoms with Crippen molar-refractivity contribution in [3.05, 3.63) is 59.7 Å². The number of fused-ring (bicyclic) bond motifs is 1. The molecule has 0 fully saturated rings. The number of benzene rings is 1. The van der Waals surface area contributed by atoms with Crippen LogP contribution < -0.4 is 0 Å². The predicted octanol–water partition coefficient (Wildman–Crippen LogP) is 4.44. The molecular weight excluding hydrogens is 423 g/mol. The standard InChI is InChI=1S/C22H20F3N5O2/c1-30(2)10-7-17-28-18(12-3-4-16(22(23,24)25)15(11-12)21(31)32)19(29-17)13-5-8-26-20-14(13)6-9-27-20/h3-6,8-9,11H,7,10H2,1-2H3,(H,26,27)(H,28,29)(H,31,32). The van der Waals surface area contributed by atoms with Crippen molar-refractivity contribution in [3.63, 3.8) is 0 Å². The minimum atomic E-state index is -4.78. The summed E-state index contributed by atoms with van der Waals surface area (Å²) >= 11 is 0. The van der Waals surface area contributed by atoms with Crippen LogP contribution in [-0.4, -0.2) is 56.6 Å². The molecular formula is C22H20F3N5O2. The Hall–Kier alpha value is -3.66. The molecule has 0 aliphatic rings. The molecule has 4 rings (SSSR count). The third kappa shape index (κ3) is 4.09. The number of hydrogen-bond acceptors (Lipinski definition) is 4. The number of likely N-dealkylation sites (N-methyl/N-ethyl adjacent to an activating group) is 1. The Morgan fingerprint density at radius 1 is 1.19 bits per heavy atom. The van der Waals surface area contributed by atoms with Gasteiger partial charge >= 0.3 is 12.1 Å². The van der Waals surface area contributed by atoms with Crippen LogP contribution in [0.3, 0.4) is 0 Å². The quantitative estimate of drug-likeness (QED) is 0.409. The lowest BCUT2D eigenvalue weighted by molar-refractivity contribution is -0.138. The van der Waals surface area contributed by atoms with Gasteiger partial charge in [-0.2, -0.15) is 13.2 Å². The molecule has 3 N–H and O–H groups in total. The number of carboxylic acid groups (broad SMARTS) is 1. The Bertz CT molecular complexity index is 1290. The van der Waals surface area contributed by atoms with Crippen molar-refractivity contribution in [1.82, 2.24) is 24.8 Å². The monoisotopic (exact) mass is 443 g/mol. The fourth-order valence-corrected chi connectivity index (χ4v) is 3.57. The van der Waals surface area contributed by atoms with Crippen LogP contribution in [0.15, 0.2) is 42.7 Å². The average molecular weight is 443 g/mol. The van der Waals surface area contributed by atoms with Crippen LogP contribution in [0.4, 0.5) is 13.2 Å². The van der Waals surface area contributed by atoms with E-state index >= 15 is 0 Å². The van der Waals surface area contributed by atoms with Crippen molar-refractivity contribution in [1.29, 1.82) is 0 Å². The fourth-order valence-electron chi connectivity index (χ4n) is 3.57. The highest BCUT2D eigenvalue weighted by atomic mass is 19.4. The molecule has 10 heteroatoms. The Morgan fingerprint density at radius 3 is 2.66 bits per heavy atom. The summed E-state index contributed by atoms with van der Waals surface area (Å²) < 4.78 is 39.9. The summed E-state index contributed by atoms with van der Waals surface area (Å²) in [5.41, 5.74) is 0.628. The summed E-state index contributed by atoms with van der Waals surface area (Å²) in [6.07, 6.45) is -0.841. The van der Waals surface area contributed by atoms with E-state index in [0.717, 1.165) is 23.1 Å². The lowest BCUT2D eigenvalue weighted by atomic mass is 9.98. The average Bonchev–Trinajstić information content (AvgIpc) is 3.38. The van der Waals surface area contributed by atoms with Gasteiger partial charge in [0.15, 0.2) is 0 Å². The molecule has 0 amide bonds. The van der Waals surface area contributed by atoms with E-state index in [1.165, 1.54) is 6.07 Å². The molecule has 166 valence electrons. The largest absolute Gasteiger partial charge is 0.478 e. The van der Waals surface area contributed by atoms with Crippen molar-refractivity contribution >= 4 is 17.0 Å². The molecule has 3 aromatic heterocycles. The molecule has 0 radical (unpaired) electrons. The second kappa shape index (κ2) is 8.12. The number of carboxylic acids is 1. The maximum Gasteiger partial charge on any atom is 0.417 e. The zero-order chi connectivity index (χ0) is 23.0. The van der Waals surface area contributed by atoms with Crippen LogP contribution in [-0.2, 0) is 12.6 Å². The van der Waals surface area contributed by atoms with Gasteiger partial charge in [-0.15, -0.1) is 0 Å². The van der Waals surface area contributed by atoms with E-state index in [4.69, 9.17) is 0 Å². The lowest BCUT2D eigenvalue weighted by Gasteiger charge is -2.12. The van der Waals surface area contributed by atoms with Gasteiger partial charge in [0.05, 0.1) is 22.5 Å². The SMILES string of the molecule is CN(C)CCc1nc(-c2ccc(C(F)(F)F)c(C(=O)O)c2)c(-c2ccnc3[nH]ccc23)[nH]1. The molecule has 32 heavy (non-hydrogen) atoms. The van der Waals surface area contributed by atoms with Crippen molar-refractivity contribution in [3.8, 4) is 22.5 Å².